The summed E-state index contributed by atoms with van der Waals surface area (Å²) in [5.74, 6) is 0.389. The van der Waals surface area contributed by atoms with Crippen molar-refractivity contribution in [2.24, 2.45) is 10.8 Å². The van der Waals surface area contributed by atoms with Crippen LogP contribution in [0.15, 0.2) is 52.0 Å². The molecular weight excluding hydrogens is 374 g/mol. The third-order valence-corrected chi connectivity index (χ3v) is 3.46. The Labute approximate surface area is 148 Å². The Bertz CT molecular complexity index is 721. The molecule has 0 heterocycles. The third-order valence-electron chi connectivity index (χ3n) is 2.87. The quantitative estimate of drug-likeness (QED) is 0.534. The number of carbonyl (C=O) groups excluding carboxylic acids is 1. The summed E-state index contributed by atoms with van der Waals surface area (Å²) in [6, 6.07) is 13.2. The van der Waals surface area contributed by atoms with Crippen LogP contribution >= 0.6 is 15.9 Å². The first-order valence-electron chi connectivity index (χ1n) is 7.31. The SMILES string of the molecule is CCOc1cc(C=NNc2ccccc2)cc(Br)c1OCC(N)=O. The Kier molecular flexibility index (Phi) is 6.62. The van der Waals surface area contributed by atoms with Gasteiger partial charge in [0.1, 0.15) is 0 Å². The topological polar surface area (TPSA) is 85.9 Å². The first kappa shape index (κ1) is 17.8. The van der Waals surface area contributed by atoms with Gasteiger partial charge < -0.3 is 15.2 Å². The van der Waals surface area contributed by atoms with Gasteiger partial charge >= 0.3 is 0 Å². The smallest absolute Gasteiger partial charge is 0.255 e. The van der Waals surface area contributed by atoms with E-state index in [9.17, 15) is 4.79 Å². The van der Waals surface area contributed by atoms with E-state index < -0.39 is 5.91 Å². The molecule has 3 N–H and O–H groups in total. The number of hydrazone groups is 1. The van der Waals surface area contributed by atoms with E-state index in [-0.39, 0.29) is 6.61 Å². The summed E-state index contributed by atoms with van der Waals surface area (Å²) in [5.41, 5.74) is 9.75. The molecule has 24 heavy (non-hydrogen) atoms. The molecule has 6 nitrogen and oxygen atoms in total. The number of anilines is 1. The lowest BCUT2D eigenvalue weighted by Gasteiger charge is -2.13. The van der Waals surface area contributed by atoms with Crippen LogP contribution in [0.25, 0.3) is 0 Å². The summed E-state index contributed by atoms with van der Waals surface area (Å²) in [4.78, 5) is 10.9. The number of rotatable bonds is 8. The number of nitrogens with zero attached hydrogens (tertiary/aromatic N) is 1. The van der Waals surface area contributed by atoms with Crippen molar-refractivity contribution in [3.05, 3.63) is 52.5 Å². The van der Waals surface area contributed by atoms with Gasteiger partial charge in [0.15, 0.2) is 18.1 Å². The van der Waals surface area contributed by atoms with Crippen LogP contribution in [0, 0.1) is 0 Å². The normalized spacial score (nSPS) is 10.6. The number of carbonyl (C=O) groups is 1. The molecule has 0 radical (unpaired) electrons. The first-order valence-corrected chi connectivity index (χ1v) is 8.11. The summed E-state index contributed by atoms with van der Waals surface area (Å²) in [6.45, 7) is 2.10. The lowest BCUT2D eigenvalue weighted by Crippen LogP contribution is -2.20. The number of nitrogens with two attached hydrogens (primary N) is 1. The molecule has 2 rings (SSSR count). The van der Waals surface area contributed by atoms with Crippen molar-refractivity contribution in [1.29, 1.82) is 0 Å². The van der Waals surface area contributed by atoms with Crippen LogP contribution in [0.1, 0.15) is 12.5 Å². The summed E-state index contributed by atoms with van der Waals surface area (Å²) >= 11 is 3.42. The average Bonchev–Trinajstić information content (AvgIpc) is 2.55. The molecule has 0 spiro atoms. The molecule has 126 valence electrons. The van der Waals surface area contributed by atoms with Crippen LogP contribution < -0.4 is 20.6 Å². The van der Waals surface area contributed by atoms with E-state index in [1.165, 1.54) is 0 Å². The van der Waals surface area contributed by atoms with E-state index in [1.54, 1.807) is 12.3 Å². The van der Waals surface area contributed by atoms with Crippen molar-refractivity contribution < 1.29 is 14.3 Å². The van der Waals surface area contributed by atoms with Gasteiger partial charge in [0, 0.05) is 0 Å². The lowest BCUT2D eigenvalue weighted by molar-refractivity contribution is -0.119. The van der Waals surface area contributed by atoms with Crippen molar-refractivity contribution >= 4 is 33.7 Å². The minimum absolute atomic E-state index is 0.221. The number of ether oxygens (including phenoxy) is 2. The second-order valence-electron chi connectivity index (χ2n) is 4.75. The summed E-state index contributed by atoms with van der Waals surface area (Å²) in [5, 5.41) is 4.19. The maximum Gasteiger partial charge on any atom is 0.255 e. The lowest BCUT2D eigenvalue weighted by atomic mass is 10.2. The maximum absolute atomic E-state index is 10.9. The number of hydrogen-bond acceptors (Lipinski definition) is 5. The number of nitrogens with one attached hydrogen (secondary N) is 1. The van der Waals surface area contributed by atoms with Crippen LogP contribution in [-0.4, -0.2) is 25.3 Å². The zero-order valence-corrected chi connectivity index (χ0v) is 14.7. The molecular formula is C17H18BrN3O3. The Balaban J connectivity index is 2.17. The molecule has 0 saturated carbocycles. The zero-order chi connectivity index (χ0) is 17.4. The van der Waals surface area contributed by atoms with E-state index in [0.29, 0.717) is 22.6 Å². The molecule has 7 heteroatoms. The predicted octanol–water partition coefficient (Wildman–Crippen LogP) is 3.16. The fourth-order valence-corrected chi connectivity index (χ4v) is 2.48. The second-order valence-corrected chi connectivity index (χ2v) is 5.61. The molecule has 0 fully saturated rings. The van der Waals surface area contributed by atoms with E-state index in [0.717, 1.165) is 11.3 Å². The summed E-state index contributed by atoms with van der Waals surface area (Å²) in [7, 11) is 0. The summed E-state index contributed by atoms with van der Waals surface area (Å²) < 4.78 is 11.6. The number of benzene rings is 2. The van der Waals surface area contributed by atoms with Gasteiger partial charge in [-0.15, -0.1) is 0 Å². The Morgan fingerprint density at radius 3 is 2.71 bits per heavy atom. The van der Waals surface area contributed by atoms with Crippen molar-refractivity contribution in [3.63, 3.8) is 0 Å². The number of amides is 1. The predicted molar refractivity (Wildman–Crippen MR) is 97.7 cm³/mol. The van der Waals surface area contributed by atoms with Gasteiger partial charge in [0.2, 0.25) is 0 Å². The van der Waals surface area contributed by atoms with Gasteiger partial charge in [0.25, 0.3) is 5.91 Å². The molecule has 2 aromatic carbocycles. The molecule has 0 aliphatic heterocycles. The molecule has 0 aliphatic carbocycles. The highest BCUT2D eigenvalue weighted by Gasteiger charge is 2.12. The highest BCUT2D eigenvalue weighted by atomic mass is 79.9. The largest absolute Gasteiger partial charge is 0.490 e. The number of primary amides is 1. The molecule has 0 atom stereocenters. The van der Waals surface area contributed by atoms with Gasteiger partial charge in [-0.3, -0.25) is 10.2 Å². The first-order chi connectivity index (χ1) is 11.6. The second kappa shape index (κ2) is 8.93. The molecule has 0 saturated heterocycles. The highest BCUT2D eigenvalue weighted by molar-refractivity contribution is 9.10. The third kappa shape index (κ3) is 5.27. The van der Waals surface area contributed by atoms with E-state index in [2.05, 4.69) is 26.5 Å². The number of halogens is 1. The number of hydrogen-bond donors (Lipinski definition) is 2. The Hall–Kier alpha value is -2.54. The molecule has 0 unspecified atom stereocenters. The van der Waals surface area contributed by atoms with Crippen molar-refractivity contribution in [2.75, 3.05) is 18.6 Å². The van der Waals surface area contributed by atoms with Gasteiger partial charge in [-0.1, -0.05) is 18.2 Å². The molecule has 2 aromatic rings. The van der Waals surface area contributed by atoms with Crippen LogP contribution in [0.2, 0.25) is 0 Å². The number of para-hydroxylation sites is 1. The van der Waals surface area contributed by atoms with E-state index in [4.69, 9.17) is 15.2 Å². The Morgan fingerprint density at radius 2 is 2.04 bits per heavy atom. The highest BCUT2D eigenvalue weighted by Crippen LogP contribution is 2.36. The monoisotopic (exact) mass is 391 g/mol. The summed E-state index contributed by atoms with van der Waals surface area (Å²) in [6.07, 6.45) is 1.66. The Morgan fingerprint density at radius 1 is 1.29 bits per heavy atom. The van der Waals surface area contributed by atoms with Crippen LogP contribution in [0.3, 0.4) is 0 Å². The fourth-order valence-electron chi connectivity index (χ4n) is 1.90. The molecule has 0 aliphatic rings. The maximum atomic E-state index is 10.9. The van der Waals surface area contributed by atoms with E-state index >= 15 is 0 Å². The standard InChI is InChI=1S/C17H18BrN3O3/c1-2-23-15-9-12(8-14(18)17(15)24-11-16(19)22)10-20-21-13-6-4-3-5-7-13/h3-10,21H,2,11H2,1H3,(H2,19,22). The van der Waals surface area contributed by atoms with Gasteiger partial charge in [-0.25, -0.2) is 0 Å². The molecule has 1 amide bonds. The molecule has 0 bridgehead atoms. The van der Waals surface area contributed by atoms with Gasteiger partial charge in [-0.2, -0.15) is 5.10 Å². The van der Waals surface area contributed by atoms with Gasteiger partial charge in [-0.05, 0) is 52.7 Å². The van der Waals surface area contributed by atoms with Gasteiger partial charge in [0.05, 0.1) is 23.0 Å². The average molecular weight is 392 g/mol. The minimum atomic E-state index is -0.554. The van der Waals surface area contributed by atoms with Crippen LogP contribution in [-0.2, 0) is 4.79 Å². The van der Waals surface area contributed by atoms with Crippen molar-refractivity contribution in [3.8, 4) is 11.5 Å². The van der Waals surface area contributed by atoms with Crippen LogP contribution in [0.4, 0.5) is 5.69 Å². The fraction of sp³-hybridized carbons (Fsp3) is 0.176. The molecule has 0 aromatic heterocycles. The van der Waals surface area contributed by atoms with E-state index in [1.807, 2.05) is 43.3 Å². The van der Waals surface area contributed by atoms with Crippen molar-refractivity contribution in [2.45, 2.75) is 6.92 Å². The minimum Gasteiger partial charge on any atom is -0.490 e. The zero-order valence-electron chi connectivity index (χ0n) is 13.2. The van der Waals surface area contributed by atoms with Crippen LogP contribution in [0.5, 0.6) is 11.5 Å². The van der Waals surface area contributed by atoms with Crippen molar-refractivity contribution in [1.82, 2.24) is 0 Å².